The molecule has 0 aliphatic heterocycles. The van der Waals surface area contributed by atoms with Crippen LogP contribution in [0, 0.1) is 11.6 Å². The zero-order valence-corrected chi connectivity index (χ0v) is 10.9. The molecule has 1 aliphatic rings. The van der Waals surface area contributed by atoms with Crippen LogP contribution in [0.3, 0.4) is 0 Å². The molecule has 1 fully saturated rings. The van der Waals surface area contributed by atoms with Crippen LogP contribution in [0.25, 0.3) is 0 Å². The molecule has 0 heterocycles. The molecule has 1 unspecified atom stereocenters. The summed E-state index contributed by atoms with van der Waals surface area (Å²) >= 11 is 0. The van der Waals surface area contributed by atoms with Crippen LogP contribution in [0.4, 0.5) is 8.78 Å². The summed E-state index contributed by atoms with van der Waals surface area (Å²) in [5.74, 6) is -2.70. The van der Waals surface area contributed by atoms with Crippen molar-refractivity contribution in [3.8, 4) is 0 Å². The molecule has 0 aromatic heterocycles. The fraction of sp³-hybridized carbons (Fsp3) is 0.500. The van der Waals surface area contributed by atoms with E-state index in [1.54, 1.807) is 0 Å². The molecule has 1 amide bonds. The van der Waals surface area contributed by atoms with Crippen molar-refractivity contribution < 1.29 is 13.6 Å². The third-order valence-corrected chi connectivity index (χ3v) is 3.83. The fourth-order valence-electron chi connectivity index (χ4n) is 2.65. The highest BCUT2D eigenvalue weighted by molar-refractivity contribution is 5.85. The van der Waals surface area contributed by atoms with Gasteiger partial charge in [-0.15, -0.1) is 0 Å². The largest absolute Gasteiger partial charge is 0.368 e. The number of amides is 1. The first kappa shape index (κ1) is 13.9. The summed E-state index contributed by atoms with van der Waals surface area (Å²) in [4.78, 5) is 11.7. The second-order valence-corrected chi connectivity index (χ2v) is 5.22. The number of nitrogens with one attached hydrogen (secondary N) is 1. The summed E-state index contributed by atoms with van der Waals surface area (Å²) in [6.45, 7) is 1.51. The van der Waals surface area contributed by atoms with Crippen LogP contribution in [0.5, 0.6) is 0 Å². The van der Waals surface area contributed by atoms with Gasteiger partial charge in [-0.1, -0.05) is 25.0 Å². The highest BCUT2D eigenvalue weighted by Gasteiger charge is 2.38. The van der Waals surface area contributed by atoms with Crippen LogP contribution in [0.15, 0.2) is 18.2 Å². The van der Waals surface area contributed by atoms with Gasteiger partial charge < -0.3 is 5.73 Å². The molecule has 1 saturated carbocycles. The Balaban J connectivity index is 2.37. The van der Waals surface area contributed by atoms with E-state index in [1.807, 2.05) is 0 Å². The third-order valence-electron chi connectivity index (χ3n) is 3.83. The number of primary amides is 1. The van der Waals surface area contributed by atoms with Gasteiger partial charge >= 0.3 is 0 Å². The van der Waals surface area contributed by atoms with Crippen molar-refractivity contribution in [2.45, 2.75) is 44.2 Å². The van der Waals surface area contributed by atoms with E-state index in [0.29, 0.717) is 0 Å². The monoisotopic (exact) mass is 268 g/mol. The van der Waals surface area contributed by atoms with Crippen LogP contribution in [-0.2, 0) is 10.3 Å². The first-order valence-electron chi connectivity index (χ1n) is 6.47. The molecule has 19 heavy (non-hydrogen) atoms. The Kier molecular flexibility index (Phi) is 3.85. The summed E-state index contributed by atoms with van der Waals surface area (Å²) in [6, 6.07) is 3.91. The molecular weight excluding hydrogens is 250 g/mol. The molecule has 0 spiro atoms. The molecule has 2 rings (SSSR count). The smallest absolute Gasteiger partial charge is 0.242 e. The van der Waals surface area contributed by atoms with Gasteiger partial charge in [-0.2, -0.15) is 0 Å². The van der Waals surface area contributed by atoms with Crippen LogP contribution >= 0.6 is 0 Å². The van der Waals surface area contributed by atoms with E-state index in [-0.39, 0.29) is 11.6 Å². The van der Waals surface area contributed by atoms with E-state index in [2.05, 4.69) is 5.32 Å². The normalized spacial score (nSPS) is 19.3. The highest BCUT2D eigenvalue weighted by atomic mass is 19.2. The number of carbonyl (C=O) groups is 1. The molecule has 0 bridgehead atoms. The summed E-state index contributed by atoms with van der Waals surface area (Å²) in [5, 5.41) is 3.09. The quantitative estimate of drug-likeness (QED) is 0.879. The number of carbonyl (C=O) groups excluding carboxylic acids is 1. The maximum atomic E-state index is 13.9. The van der Waals surface area contributed by atoms with E-state index in [9.17, 15) is 13.6 Å². The molecule has 1 aliphatic carbocycles. The van der Waals surface area contributed by atoms with Gasteiger partial charge in [-0.3, -0.25) is 10.1 Å². The Morgan fingerprint density at radius 3 is 2.58 bits per heavy atom. The van der Waals surface area contributed by atoms with Crippen molar-refractivity contribution >= 4 is 5.91 Å². The molecule has 1 aromatic carbocycles. The SMILES string of the molecule is CC(NC1CCCC1)(C(N)=O)c1cccc(F)c1F. The Labute approximate surface area is 111 Å². The van der Waals surface area contributed by atoms with E-state index >= 15 is 0 Å². The highest BCUT2D eigenvalue weighted by Crippen LogP contribution is 2.28. The van der Waals surface area contributed by atoms with E-state index in [4.69, 9.17) is 5.73 Å². The summed E-state index contributed by atoms with van der Waals surface area (Å²) in [6.07, 6.45) is 3.97. The number of hydrogen-bond acceptors (Lipinski definition) is 2. The zero-order valence-electron chi connectivity index (χ0n) is 10.9. The molecule has 5 heteroatoms. The number of nitrogens with two attached hydrogens (primary N) is 1. The molecular formula is C14H18F2N2O. The van der Waals surface area contributed by atoms with E-state index in [0.717, 1.165) is 31.7 Å². The van der Waals surface area contributed by atoms with Crippen LogP contribution in [-0.4, -0.2) is 11.9 Å². The van der Waals surface area contributed by atoms with Crippen molar-refractivity contribution in [1.82, 2.24) is 5.32 Å². The first-order valence-corrected chi connectivity index (χ1v) is 6.47. The minimum Gasteiger partial charge on any atom is -0.368 e. The van der Waals surface area contributed by atoms with Gasteiger partial charge in [-0.25, -0.2) is 8.78 Å². The predicted octanol–water partition coefficient (Wildman–Crippen LogP) is 2.20. The van der Waals surface area contributed by atoms with Gasteiger partial charge in [0.05, 0.1) is 0 Å². The van der Waals surface area contributed by atoms with Gasteiger partial charge in [0, 0.05) is 11.6 Å². The van der Waals surface area contributed by atoms with Crippen molar-refractivity contribution in [1.29, 1.82) is 0 Å². The standard InChI is InChI=1S/C14H18F2N2O/c1-14(13(17)19,18-9-5-2-3-6-9)10-7-4-8-11(15)12(10)16/h4,7-9,18H,2-3,5-6H2,1H3,(H2,17,19). The van der Waals surface area contributed by atoms with Gasteiger partial charge in [-0.05, 0) is 25.8 Å². The molecule has 3 nitrogen and oxygen atoms in total. The average Bonchev–Trinajstić information content (AvgIpc) is 2.85. The summed E-state index contributed by atoms with van der Waals surface area (Å²) in [5.41, 5.74) is 3.99. The van der Waals surface area contributed by atoms with E-state index in [1.165, 1.54) is 19.1 Å². The summed E-state index contributed by atoms with van der Waals surface area (Å²) in [7, 11) is 0. The van der Waals surface area contributed by atoms with E-state index < -0.39 is 23.1 Å². The molecule has 1 aromatic rings. The van der Waals surface area contributed by atoms with Crippen LogP contribution < -0.4 is 11.1 Å². The topological polar surface area (TPSA) is 55.1 Å². The van der Waals surface area contributed by atoms with Crippen molar-refractivity contribution in [2.24, 2.45) is 5.73 Å². The lowest BCUT2D eigenvalue weighted by molar-refractivity contribution is -0.124. The number of rotatable bonds is 4. The van der Waals surface area contributed by atoms with Gasteiger partial charge in [0.25, 0.3) is 0 Å². The summed E-state index contributed by atoms with van der Waals surface area (Å²) < 4.78 is 27.2. The molecule has 1 atom stereocenters. The lowest BCUT2D eigenvalue weighted by Crippen LogP contribution is -2.54. The Hall–Kier alpha value is -1.49. The third kappa shape index (κ3) is 2.61. The minimum absolute atomic E-state index is 0.0353. The number of hydrogen-bond donors (Lipinski definition) is 2. The van der Waals surface area contributed by atoms with Gasteiger partial charge in [0.1, 0.15) is 5.54 Å². The predicted molar refractivity (Wildman–Crippen MR) is 68.3 cm³/mol. The lowest BCUT2D eigenvalue weighted by Gasteiger charge is -2.31. The minimum atomic E-state index is -1.39. The number of halogens is 2. The molecule has 0 saturated heterocycles. The van der Waals surface area contributed by atoms with Crippen LogP contribution in [0.2, 0.25) is 0 Å². The second kappa shape index (κ2) is 5.25. The van der Waals surface area contributed by atoms with Crippen molar-refractivity contribution in [3.05, 3.63) is 35.4 Å². The lowest BCUT2D eigenvalue weighted by atomic mass is 9.89. The van der Waals surface area contributed by atoms with Crippen molar-refractivity contribution in [3.63, 3.8) is 0 Å². The molecule has 3 N–H and O–H groups in total. The van der Waals surface area contributed by atoms with Crippen molar-refractivity contribution in [2.75, 3.05) is 0 Å². The maximum absolute atomic E-state index is 13.9. The number of benzene rings is 1. The fourth-order valence-corrected chi connectivity index (χ4v) is 2.65. The Morgan fingerprint density at radius 1 is 1.37 bits per heavy atom. The van der Waals surface area contributed by atoms with Gasteiger partial charge in [0.15, 0.2) is 11.6 Å². The molecule has 104 valence electrons. The first-order chi connectivity index (χ1) is 8.95. The Morgan fingerprint density at radius 2 is 2.00 bits per heavy atom. The average molecular weight is 268 g/mol. The van der Waals surface area contributed by atoms with Crippen LogP contribution in [0.1, 0.15) is 38.2 Å². The maximum Gasteiger partial charge on any atom is 0.242 e. The Bertz CT molecular complexity index is 486. The van der Waals surface area contributed by atoms with Gasteiger partial charge in [0.2, 0.25) is 5.91 Å². The molecule has 0 radical (unpaired) electrons. The second-order valence-electron chi connectivity index (χ2n) is 5.22. The zero-order chi connectivity index (χ0) is 14.0.